The van der Waals surface area contributed by atoms with Gasteiger partial charge >= 0.3 is 0 Å². The number of carbonyl (C=O) groups excluding carboxylic acids is 3. The van der Waals surface area contributed by atoms with Gasteiger partial charge < -0.3 is 0 Å². The molecule has 0 aliphatic heterocycles. The van der Waals surface area contributed by atoms with Gasteiger partial charge in [-0.3, -0.25) is 0 Å². The van der Waals surface area contributed by atoms with Crippen LogP contribution in [0.1, 0.15) is 32.1 Å². The molecule has 0 N–H and O–H groups in total. The van der Waals surface area contributed by atoms with E-state index >= 15 is 0 Å². The normalized spacial score (nSPS) is 10.7. The second kappa shape index (κ2) is 13.2. The maximum absolute atomic E-state index is 10.1. The summed E-state index contributed by atoms with van der Waals surface area (Å²) in [5, 5.41) is 0. The van der Waals surface area contributed by atoms with Crippen LogP contribution in [0.3, 0.4) is 0 Å². The van der Waals surface area contributed by atoms with E-state index in [4.69, 9.17) is 0 Å². The maximum atomic E-state index is 10.1. The Labute approximate surface area is 106 Å². The van der Waals surface area contributed by atoms with Crippen LogP contribution < -0.4 is 0 Å². The van der Waals surface area contributed by atoms with Gasteiger partial charge in [0.2, 0.25) is 18.2 Å². The second-order valence-electron chi connectivity index (χ2n) is 3.88. The Balaban J connectivity index is 3.80. The van der Waals surface area contributed by atoms with Crippen LogP contribution in [0.15, 0.2) is 15.0 Å². The van der Waals surface area contributed by atoms with E-state index in [0.29, 0.717) is 26.1 Å². The number of isocyanates is 3. The first-order valence-electron chi connectivity index (χ1n) is 5.96. The van der Waals surface area contributed by atoms with Crippen molar-refractivity contribution in [3.63, 3.8) is 0 Å². The molecule has 0 aliphatic carbocycles. The molecule has 1 atom stereocenters. The fraction of sp³-hybridized carbons (Fsp3) is 0.750. The van der Waals surface area contributed by atoms with Gasteiger partial charge in [0.25, 0.3) is 0 Å². The lowest BCUT2D eigenvalue weighted by molar-refractivity contribution is 0.440. The number of rotatable bonds is 11. The number of aliphatic imine (C=N–C) groups is 3. The number of unbranched alkanes of at least 4 members (excludes halogenated alkanes) is 2. The van der Waals surface area contributed by atoms with Crippen LogP contribution in [0.4, 0.5) is 0 Å². The third-order valence-electron chi connectivity index (χ3n) is 2.57. The van der Waals surface area contributed by atoms with Crippen LogP contribution in [0.25, 0.3) is 0 Å². The van der Waals surface area contributed by atoms with Gasteiger partial charge in [-0.1, -0.05) is 12.8 Å². The van der Waals surface area contributed by atoms with Gasteiger partial charge in [0, 0.05) is 0 Å². The Bertz CT molecular complexity index is 352. The van der Waals surface area contributed by atoms with Crippen LogP contribution >= 0.6 is 0 Å². The first-order valence-corrected chi connectivity index (χ1v) is 5.96. The lowest BCUT2D eigenvalue weighted by Gasteiger charge is -2.11. The highest BCUT2D eigenvalue weighted by atomic mass is 16.1. The SMILES string of the molecule is O=C=NCCCCCC(CCN=C=O)CN=C=O. The summed E-state index contributed by atoms with van der Waals surface area (Å²) in [5.41, 5.74) is 0. The van der Waals surface area contributed by atoms with Crippen molar-refractivity contribution >= 4 is 18.2 Å². The summed E-state index contributed by atoms with van der Waals surface area (Å²) in [5.74, 6) is 0.234. The molecule has 0 amide bonds. The van der Waals surface area contributed by atoms with Crippen molar-refractivity contribution in [2.45, 2.75) is 32.1 Å². The van der Waals surface area contributed by atoms with Crippen LogP contribution in [0.5, 0.6) is 0 Å². The van der Waals surface area contributed by atoms with Gasteiger partial charge in [-0.15, -0.1) is 0 Å². The first-order chi connectivity index (χ1) is 8.85. The molecule has 6 heteroatoms. The molecule has 0 fully saturated rings. The van der Waals surface area contributed by atoms with E-state index in [0.717, 1.165) is 25.7 Å². The quantitative estimate of drug-likeness (QED) is 0.317. The van der Waals surface area contributed by atoms with Gasteiger partial charge in [0.05, 0.1) is 19.6 Å². The Hall–Kier alpha value is -1.86. The average Bonchev–Trinajstić information content (AvgIpc) is 2.39. The molecule has 0 aromatic rings. The van der Waals surface area contributed by atoms with E-state index in [1.165, 1.54) is 18.2 Å². The van der Waals surface area contributed by atoms with Crippen molar-refractivity contribution in [3.05, 3.63) is 0 Å². The molecule has 0 aliphatic rings. The Morgan fingerprint density at radius 1 is 0.722 bits per heavy atom. The summed E-state index contributed by atoms with van der Waals surface area (Å²) in [4.78, 5) is 40.3. The van der Waals surface area contributed by atoms with E-state index < -0.39 is 0 Å². The smallest absolute Gasteiger partial charge is 0.211 e. The van der Waals surface area contributed by atoms with Crippen molar-refractivity contribution in [2.24, 2.45) is 20.9 Å². The van der Waals surface area contributed by atoms with Crippen LogP contribution in [-0.2, 0) is 14.4 Å². The summed E-state index contributed by atoms with van der Waals surface area (Å²) in [7, 11) is 0. The highest BCUT2D eigenvalue weighted by Crippen LogP contribution is 2.14. The van der Waals surface area contributed by atoms with E-state index in [1.807, 2.05) is 0 Å². The number of hydrogen-bond donors (Lipinski definition) is 0. The summed E-state index contributed by atoms with van der Waals surface area (Å²) >= 11 is 0. The van der Waals surface area contributed by atoms with E-state index in [2.05, 4.69) is 15.0 Å². The van der Waals surface area contributed by atoms with Crippen molar-refractivity contribution in [1.29, 1.82) is 0 Å². The van der Waals surface area contributed by atoms with Crippen molar-refractivity contribution in [2.75, 3.05) is 19.6 Å². The van der Waals surface area contributed by atoms with Crippen molar-refractivity contribution in [1.82, 2.24) is 0 Å². The maximum Gasteiger partial charge on any atom is 0.234 e. The Morgan fingerprint density at radius 3 is 2.06 bits per heavy atom. The minimum atomic E-state index is 0.234. The lowest BCUT2D eigenvalue weighted by atomic mass is 9.98. The fourth-order valence-electron chi connectivity index (χ4n) is 1.63. The van der Waals surface area contributed by atoms with Gasteiger partial charge in [0.1, 0.15) is 0 Å². The van der Waals surface area contributed by atoms with E-state index in [9.17, 15) is 14.4 Å². The first kappa shape index (κ1) is 16.1. The van der Waals surface area contributed by atoms with Crippen LogP contribution in [0.2, 0.25) is 0 Å². The molecule has 0 rings (SSSR count). The van der Waals surface area contributed by atoms with Gasteiger partial charge in [-0.25, -0.2) is 29.4 Å². The Kier molecular flexibility index (Phi) is 11.8. The minimum Gasteiger partial charge on any atom is -0.211 e. The molecule has 0 aromatic carbocycles. The standard InChI is InChI=1S/C12H17N3O3/c16-9-13-6-3-1-2-4-12(8-15-11-18)5-7-14-10-17/h12H,1-8H2. The monoisotopic (exact) mass is 251 g/mol. The molecule has 0 saturated heterocycles. The molecule has 18 heavy (non-hydrogen) atoms. The van der Waals surface area contributed by atoms with E-state index in [1.54, 1.807) is 0 Å². The zero-order chi connectivity index (χ0) is 13.5. The molecule has 0 saturated carbocycles. The molecular weight excluding hydrogens is 234 g/mol. The van der Waals surface area contributed by atoms with Gasteiger partial charge in [-0.2, -0.15) is 0 Å². The van der Waals surface area contributed by atoms with Crippen molar-refractivity contribution < 1.29 is 14.4 Å². The molecule has 6 nitrogen and oxygen atoms in total. The molecule has 0 aromatic heterocycles. The predicted molar refractivity (Wildman–Crippen MR) is 65.5 cm³/mol. The fourth-order valence-corrected chi connectivity index (χ4v) is 1.63. The van der Waals surface area contributed by atoms with Gasteiger partial charge in [-0.05, 0) is 25.2 Å². The third-order valence-corrected chi connectivity index (χ3v) is 2.57. The van der Waals surface area contributed by atoms with Crippen molar-refractivity contribution in [3.8, 4) is 0 Å². The third kappa shape index (κ3) is 10.7. The van der Waals surface area contributed by atoms with E-state index in [-0.39, 0.29) is 5.92 Å². The molecule has 1 unspecified atom stereocenters. The topological polar surface area (TPSA) is 88.3 Å². The summed E-state index contributed by atoms with van der Waals surface area (Å²) in [6, 6.07) is 0. The zero-order valence-electron chi connectivity index (χ0n) is 10.3. The highest BCUT2D eigenvalue weighted by Gasteiger charge is 2.07. The largest absolute Gasteiger partial charge is 0.234 e. The molecule has 0 heterocycles. The molecular formula is C12H17N3O3. The average molecular weight is 251 g/mol. The molecule has 98 valence electrons. The second-order valence-corrected chi connectivity index (χ2v) is 3.88. The lowest BCUT2D eigenvalue weighted by Crippen LogP contribution is -2.06. The molecule has 0 radical (unpaired) electrons. The molecule has 0 spiro atoms. The van der Waals surface area contributed by atoms with Gasteiger partial charge in [0.15, 0.2) is 0 Å². The molecule has 0 bridgehead atoms. The summed E-state index contributed by atoms with van der Waals surface area (Å²) < 4.78 is 0. The summed E-state index contributed by atoms with van der Waals surface area (Å²) in [6.07, 6.45) is 8.91. The van der Waals surface area contributed by atoms with Crippen LogP contribution in [-0.4, -0.2) is 37.9 Å². The predicted octanol–water partition coefficient (Wildman–Crippen LogP) is 1.56. The number of hydrogen-bond acceptors (Lipinski definition) is 6. The zero-order valence-corrected chi connectivity index (χ0v) is 10.3. The number of nitrogens with zero attached hydrogens (tertiary/aromatic N) is 3. The van der Waals surface area contributed by atoms with Crippen LogP contribution in [0, 0.1) is 5.92 Å². The Morgan fingerprint density at radius 2 is 1.39 bits per heavy atom. The minimum absolute atomic E-state index is 0.234. The summed E-state index contributed by atoms with van der Waals surface area (Å²) in [6.45, 7) is 1.35. The highest BCUT2D eigenvalue weighted by molar-refractivity contribution is 5.33.